The Labute approximate surface area is 95.0 Å². The lowest BCUT2D eigenvalue weighted by Gasteiger charge is -2.20. The monoisotopic (exact) mass is 223 g/mol. The van der Waals surface area contributed by atoms with Gasteiger partial charge in [0.1, 0.15) is 5.60 Å². The summed E-state index contributed by atoms with van der Waals surface area (Å²) in [5, 5.41) is 2.64. The second-order valence-corrected chi connectivity index (χ2v) is 4.36. The zero-order valence-electron chi connectivity index (χ0n) is 9.78. The number of nitrogens with one attached hydrogen (secondary N) is 1. The Morgan fingerprint density at radius 3 is 2.81 bits per heavy atom. The van der Waals surface area contributed by atoms with Crippen LogP contribution in [0.25, 0.3) is 0 Å². The van der Waals surface area contributed by atoms with Crippen molar-refractivity contribution in [3.63, 3.8) is 0 Å². The van der Waals surface area contributed by atoms with E-state index in [1.54, 1.807) is 18.5 Å². The number of rotatable bonds is 2. The highest BCUT2D eigenvalue weighted by Crippen LogP contribution is 2.14. The molecule has 5 nitrogen and oxygen atoms in total. The normalized spacial score (nSPS) is 11.0. The molecular formula is C11H17N3O2. The van der Waals surface area contributed by atoms with E-state index in [0.717, 1.165) is 5.56 Å². The Hall–Kier alpha value is -1.62. The van der Waals surface area contributed by atoms with E-state index >= 15 is 0 Å². The Morgan fingerprint density at radius 1 is 1.56 bits per heavy atom. The molecule has 3 N–H and O–H groups in total. The zero-order valence-corrected chi connectivity index (χ0v) is 9.78. The lowest BCUT2D eigenvalue weighted by atomic mass is 10.2. The Balaban J connectivity index is 2.70. The lowest BCUT2D eigenvalue weighted by Crippen LogP contribution is -2.27. The van der Waals surface area contributed by atoms with Gasteiger partial charge < -0.3 is 10.5 Å². The molecule has 0 fully saturated rings. The number of hydrogen-bond acceptors (Lipinski definition) is 4. The molecule has 0 bridgehead atoms. The van der Waals surface area contributed by atoms with Crippen LogP contribution in [0.3, 0.4) is 0 Å². The molecule has 0 spiro atoms. The van der Waals surface area contributed by atoms with Gasteiger partial charge in [-0.2, -0.15) is 0 Å². The van der Waals surface area contributed by atoms with Crippen molar-refractivity contribution in [3.05, 3.63) is 24.0 Å². The van der Waals surface area contributed by atoms with Gasteiger partial charge in [-0.05, 0) is 26.8 Å². The summed E-state index contributed by atoms with van der Waals surface area (Å²) < 4.78 is 5.13. The average Bonchev–Trinajstić information content (AvgIpc) is 2.15. The highest BCUT2D eigenvalue weighted by atomic mass is 16.6. The van der Waals surface area contributed by atoms with Gasteiger partial charge in [0.05, 0.1) is 5.69 Å². The molecule has 16 heavy (non-hydrogen) atoms. The molecule has 1 amide bonds. The molecule has 0 unspecified atom stereocenters. The SMILES string of the molecule is CC(C)(C)OC(=O)Nc1ccncc1CN. The Kier molecular flexibility index (Phi) is 3.84. The molecule has 0 saturated carbocycles. The van der Waals surface area contributed by atoms with Crippen LogP contribution in [0.2, 0.25) is 0 Å². The maximum atomic E-state index is 11.5. The van der Waals surface area contributed by atoms with Crippen LogP contribution in [0.1, 0.15) is 26.3 Å². The van der Waals surface area contributed by atoms with Crippen LogP contribution in [0.15, 0.2) is 18.5 Å². The summed E-state index contributed by atoms with van der Waals surface area (Å²) in [6.07, 6.45) is 2.71. The van der Waals surface area contributed by atoms with Gasteiger partial charge in [-0.15, -0.1) is 0 Å². The number of hydrogen-bond donors (Lipinski definition) is 2. The second kappa shape index (κ2) is 4.94. The molecule has 1 heterocycles. The van der Waals surface area contributed by atoms with Crippen LogP contribution in [-0.4, -0.2) is 16.7 Å². The fraction of sp³-hybridized carbons (Fsp3) is 0.455. The van der Waals surface area contributed by atoms with Gasteiger partial charge in [0.15, 0.2) is 0 Å². The minimum Gasteiger partial charge on any atom is -0.444 e. The van der Waals surface area contributed by atoms with Crippen LogP contribution in [-0.2, 0) is 11.3 Å². The number of carbonyl (C=O) groups excluding carboxylic acids is 1. The molecule has 1 aromatic heterocycles. The molecular weight excluding hydrogens is 206 g/mol. The maximum Gasteiger partial charge on any atom is 0.412 e. The van der Waals surface area contributed by atoms with Crippen LogP contribution in [0.4, 0.5) is 10.5 Å². The first-order valence-corrected chi connectivity index (χ1v) is 5.05. The first kappa shape index (κ1) is 12.4. The summed E-state index contributed by atoms with van der Waals surface area (Å²) in [7, 11) is 0. The molecule has 5 heteroatoms. The van der Waals surface area contributed by atoms with Gasteiger partial charge in [-0.25, -0.2) is 4.79 Å². The minimum atomic E-state index is -0.514. The highest BCUT2D eigenvalue weighted by molar-refractivity contribution is 5.85. The summed E-state index contributed by atoms with van der Waals surface area (Å²) in [6.45, 7) is 5.74. The third kappa shape index (κ3) is 3.86. The van der Waals surface area contributed by atoms with E-state index in [1.807, 2.05) is 20.8 Å². The maximum absolute atomic E-state index is 11.5. The van der Waals surface area contributed by atoms with E-state index in [9.17, 15) is 4.79 Å². The lowest BCUT2D eigenvalue weighted by molar-refractivity contribution is 0.0636. The first-order chi connectivity index (χ1) is 7.42. The van der Waals surface area contributed by atoms with Crippen LogP contribution < -0.4 is 11.1 Å². The summed E-state index contributed by atoms with van der Waals surface area (Å²) in [4.78, 5) is 15.4. The van der Waals surface area contributed by atoms with E-state index < -0.39 is 11.7 Å². The molecule has 88 valence electrons. The Morgan fingerprint density at radius 2 is 2.25 bits per heavy atom. The number of pyridine rings is 1. The second-order valence-electron chi connectivity index (χ2n) is 4.36. The van der Waals surface area contributed by atoms with Gasteiger partial charge in [0.25, 0.3) is 0 Å². The van der Waals surface area contributed by atoms with Crippen molar-refractivity contribution in [1.29, 1.82) is 0 Å². The van der Waals surface area contributed by atoms with Crippen LogP contribution in [0.5, 0.6) is 0 Å². The van der Waals surface area contributed by atoms with E-state index in [0.29, 0.717) is 12.2 Å². The molecule has 0 aromatic carbocycles. The predicted molar refractivity (Wildman–Crippen MR) is 62.0 cm³/mol. The molecule has 0 saturated heterocycles. The van der Waals surface area contributed by atoms with Crippen molar-refractivity contribution in [1.82, 2.24) is 4.98 Å². The minimum absolute atomic E-state index is 0.318. The standard InChI is InChI=1S/C11H17N3O2/c1-11(2,3)16-10(15)14-9-4-5-13-7-8(9)6-12/h4-5,7H,6,12H2,1-3H3,(H,13,14,15). The van der Waals surface area contributed by atoms with Gasteiger partial charge in [0, 0.05) is 24.5 Å². The summed E-state index contributed by atoms with van der Waals surface area (Å²) in [6, 6.07) is 1.69. The molecule has 0 aliphatic heterocycles. The topological polar surface area (TPSA) is 77.2 Å². The molecule has 1 aromatic rings. The van der Waals surface area contributed by atoms with Crippen molar-refractivity contribution in [2.75, 3.05) is 5.32 Å². The van der Waals surface area contributed by atoms with Crippen molar-refractivity contribution in [2.45, 2.75) is 32.9 Å². The number of aromatic nitrogens is 1. The fourth-order valence-corrected chi connectivity index (χ4v) is 1.13. The summed E-state index contributed by atoms with van der Waals surface area (Å²) in [5.41, 5.74) is 6.41. The Bertz CT molecular complexity index is 372. The average molecular weight is 223 g/mol. The van der Waals surface area contributed by atoms with E-state index in [4.69, 9.17) is 10.5 Å². The quantitative estimate of drug-likeness (QED) is 0.802. The van der Waals surface area contributed by atoms with Crippen molar-refractivity contribution in [3.8, 4) is 0 Å². The number of ether oxygens (including phenoxy) is 1. The highest BCUT2D eigenvalue weighted by Gasteiger charge is 2.16. The number of amides is 1. The van der Waals surface area contributed by atoms with Gasteiger partial charge >= 0.3 is 6.09 Å². The van der Waals surface area contributed by atoms with Crippen molar-refractivity contribution in [2.24, 2.45) is 5.73 Å². The molecule has 0 aliphatic carbocycles. The number of nitrogens with zero attached hydrogens (tertiary/aromatic N) is 1. The van der Waals surface area contributed by atoms with Crippen molar-refractivity contribution < 1.29 is 9.53 Å². The number of carbonyl (C=O) groups is 1. The molecule has 0 radical (unpaired) electrons. The van der Waals surface area contributed by atoms with E-state index in [1.165, 1.54) is 0 Å². The van der Waals surface area contributed by atoms with Crippen molar-refractivity contribution >= 4 is 11.8 Å². The van der Waals surface area contributed by atoms with E-state index in [2.05, 4.69) is 10.3 Å². The van der Waals surface area contributed by atoms with Gasteiger partial charge in [0.2, 0.25) is 0 Å². The smallest absolute Gasteiger partial charge is 0.412 e. The van der Waals surface area contributed by atoms with Gasteiger partial charge in [-0.1, -0.05) is 0 Å². The summed E-state index contributed by atoms with van der Waals surface area (Å²) in [5.74, 6) is 0. The number of nitrogens with two attached hydrogens (primary N) is 1. The third-order valence-corrected chi connectivity index (χ3v) is 1.76. The molecule has 1 rings (SSSR count). The fourth-order valence-electron chi connectivity index (χ4n) is 1.13. The molecule has 0 atom stereocenters. The predicted octanol–water partition coefficient (Wildman–Crippen LogP) is 1.89. The third-order valence-electron chi connectivity index (χ3n) is 1.76. The van der Waals surface area contributed by atoms with Crippen LogP contribution >= 0.6 is 0 Å². The molecule has 0 aliphatic rings. The zero-order chi connectivity index (χ0) is 12.2. The van der Waals surface area contributed by atoms with E-state index in [-0.39, 0.29) is 0 Å². The summed E-state index contributed by atoms with van der Waals surface area (Å²) >= 11 is 0. The largest absolute Gasteiger partial charge is 0.444 e. The van der Waals surface area contributed by atoms with Crippen LogP contribution in [0, 0.1) is 0 Å². The first-order valence-electron chi connectivity index (χ1n) is 5.05. The number of anilines is 1. The van der Waals surface area contributed by atoms with Gasteiger partial charge in [-0.3, -0.25) is 10.3 Å².